The van der Waals surface area contributed by atoms with Crippen LogP contribution in [0, 0.1) is 6.92 Å². The minimum Gasteiger partial charge on any atom is -0.380 e. The predicted molar refractivity (Wildman–Crippen MR) is 90.4 cm³/mol. The number of ether oxygens (including phenoxy) is 1. The largest absolute Gasteiger partial charge is 0.380 e. The van der Waals surface area contributed by atoms with Crippen LogP contribution in [0.25, 0.3) is 10.9 Å². The molecule has 3 nitrogen and oxygen atoms in total. The highest BCUT2D eigenvalue weighted by Gasteiger charge is 2.35. The van der Waals surface area contributed by atoms with Crippen LogP contribution in [-0.4, -0.2) is 35.8 Å². The molecule has 2 atom stereocenters. The van der Waals surface area contributed by atoms with Gasteiger partial charge in [0.2, 0.25) is 0 Å². The van der Waals surface area contributed by atoms with Gasteiger partial charge in [-0.15, -0.1) is 0 Å². The highest BCUT2D eigenvalue weighted by Crippen LogP contribution is 2.42. The Bertz CT molecular complexity index is 703. The van der Waals surface area contributed by atoms with Crippen LogP contribution in [0.5, 0.6) is 0 Å². The summed E-state index contributed by atoms with van der Waals surface area (Å²) in [6.45, 7) is 7.68. The third-order valence-electron chi connectivity index (χ3n) is 5.53. The lowest BCUT2D eigenvalue weighted by molar-refractivity contribution is 0.0440. The number of hydrogen-bond acceptors (Lipinski definition) is 2. The molecule has 4 rings (SSSR count). The molecule has 0 spiro atoms. The van der Waals surface area contributed by atoms with E-state index in [-0.39, 0.29) is 0 Å². The summed E-state index contributed by atoms with van der Waals surface area (Å²) in [5.41, 5.74) is 6.03. The standard InChI is InChI=1S/C19H26N2O/c1-13-7-8-17-16(11-13)15-5-4-6-18-19(15)21(17)10-9-20(18)12-14(2)22-3/h7-8,11,14,18H,4-6,9-10,12H2,1-3H3. The first-order valence-electron chi connectivity index (χ1n) is 8.57. The van der Waals surface area contributed by atoms with Crippen molar-refractivity contribution >= 4 is 10.9 Å². The summed E-state index contributed by atoms with van der Waals surface area (Å²) >= 11 is 0. The lowest BCUT2D eigenvalue weighted by Crippen LogP contribution is -2.43. The van der Waals surface area contributed by atoms with Crippen LogP contribution in [0.1, 0.15) is 42.6 Å². The van der Waals surface area contributed by atoms with Crippen LogP contribution in [0.3, 0.4) is 0 Å². The van der Waals surface area contributed by atoms with E-state index in [9.17, 15) is 0 Å². The lowest BCUT2D eigenvalue weighted by Gasteiger charge is -2.40. The van der Waals surface area contributed by atoms with E-state index in [1.807, 2.05) is 7.11 Å². The van der Waals surface area contributed by atoms with E-state index in [0.29, 0.717) is 12.1 Å². The number of rotatable bonds is 3. The smallest absolute Gasteiger partial charge is 0.0670 e. The first-order chi connectivity index (χ1) is 10.7. The summed E-state index contributed by atoms with van der Waals surface area (Å²) in [5.74, 6) is 0. The van der Waals surface area contributed by atoms with Gasteiger partial charge in [0.25, 0.3) is 0 Å². The molecule has 0 saturated carbocycles. The van der Waals surface area contributed by atoms with Gasteiger partial charge in [0.15, 0.2) is 0 Å². The third kappa shape index (κ3) is 2.10. The van der Waals surface area contributed by atoms with Crippen molar-refractivity contribution in [1.29, 1.82) is 0 Å². The molecule has 0 amide bonds. The van der Waals surface area contributed by atoms with E-state index < -0.39 is 0 Å². The first-order valence-corrected chi connectivity index (χ1v) is 8.57. The average molecular weight is 298 g/mol. The van der Waals surface area contributed by atoms with Crippen LogP contribution in [0.4, 0.5) is 0 Å². The van der Waals surface area contributed by atoms with Crippen molar-refractivity contribution in [2.24, 2.45) is 0 Å². The second-order valence-corrected chi connectivity index (χ2v) is 6.99. The Kier molecular flexibility index (Phi) is 3.50. The minimum absolute atomic E-state index is 0.309. The van der Waals surface area contributed by atoms with Crippen molar-refractivity contribution in [3.8, 4) is 0 Å². The Morgan fingerprint density at radius 1 is 1.32 bits per heavy atom. The number of nitrogens with zero attached hydrogens (tertiary/aromatic N) is 2. The zero-order valence-corrected chi connectivity index (χ0v) is 13.9. The second kappa shape index (κ2) is 5.39. The Morgan fingerprint density at radius 3 is 3.00 bits per heavy atom. The monoisotopic (exact) mass is 298 g/mol. The van der Waals surface area contributed by atoms with Crippen LogP contribution in [-0.2, 0) is 17.7 Å². The van der Waals surface area contributed by atoms with Gasteiger partial charge in [-0.2, -0.15) is 0 Å². The van der Waals surface area contributed by atoms with Crippen molar-refractivity contribution < 1.29 is 4.74 Å². The zero-order valence-electron chi connectivity index (χ0n) is 13.9. The minimum atomic E-state index is 0.309. The van der Waals surface area contributed by atoms with Gasteiger partial charge in [0.1, 0.15) is 0 Å². The van der Waals surface area contributed by atoms with Crippen LogP contribution < -0.4 is 0 Å². The number of hydrogen-bond donors (Lipinski definition) is 0. The molecule has 0 fully saturated rings. The molecule has 1 aromatic carbocycles. The third-order valence-corrected chi connectivity index (χ3v) is 5.53. The average Bonchev–Trinajstić information content (AvgIpc) is 2.85. The molecule has 1 aliphatic carbocycles. The van der Waals surface area contributed by atoms with Gasteiger partial charge in [0, 0.05) is 43.3 Å². The molecule has 118 valence electrons. The van der Waals surface area contributed by atoms with E-state index in [1.165, 1.54) is 35.7 Å². The fourth-order valence-electron chi connectivity index (χ4n) is 4.41. The van der Waals surface area contributed by atoms with Gasteiger partial charge >= 0.3 is 0 Å². The van der Waals surface area contributed by atoms with Gasteiger partial charge in [-0.25, -0.2) is 0 Å². The molecule has 1 aliphatic heterocycles. The summed E-state index contributed by atoms with van der Waals surface area (Å²) in [4.78, 5) is 2.65. The maximum Gasteiger partial charge on any atom is 0.0670 e. The quantitative estimate of drug-likeness (QED) is 0.860. The van der Waals surface area contributed by atoms with Crippen molar-refractivity contribution in [2.75, 3.05) is 20.2 Å². The normalized spacial score (nSPS) is 22.8. The van der Waals surface area contributed by atoms with Crippen molar-refractivity contribution in [3.05, 3.63) is 35.0 Å². The summed E-state index contributed by atoms with van der Waals surface area (Å²) in [6.07, 6.45) is 4.15. The first kappa shape index (κ1) is 14.3. The van der Waals surface area contributed by atoms with E-state index in [4.69, 9.17) is 4.74 Å². The number of benzene rings is 1. The fraction of sp³-hybridized carbons (Fsp3) is 0.579. The summed E-state index contributed by atoms with van der Waals surface area (Å²) in [6, 6.07) is 7.56. The molecule has 3 heteroatoms. The van der Waals surface area contributed by atoms with E-state index in [0.717, 1.165) is 19.6 Å². The Labute approximate surface area is 132 Å². The number of aromatic nitrogens is 1. The van der Waals surface area contributed by atoms with Crippen LogP contribution >= 0.6 is 0 Å². The number of methoxy groups -OCH3 is 1. The van der Waals surface area contributed by atoms with E-state index >= 15 is 0 Å². The number of aryl methyl sites for hydroxylation is 2. The molecular formula is C19H26N2O. The van der Waals surface area contributed by atoms with Crippen molar-refractivity contribution in [1.82, 2.24) is 9.47 Å². The SMILES string of the molecule is COC(C)CN1CCn2c3c(c4cc(C)ccc42)CCCC31. The molecule has 0 radical (unpaired) electrons. The highest BCUT2D eigenvalue weighted by molar-refractivity contribution is 5.87. The fourth-order valence-corrected chi connectivity index (χ4v) is 4.41. The molecule has 22 heavy (non-hydrogen) atoms. The topological polar surface area (TPSA) is 17.4 Å². The zero-order chi connectivity index (χ0) is 15.3. The van der Waals surface area contributed by atoms with E-state index in [2.05, 4.69) is 41.5 Å². The van der Waals surface area contributed by atoms with Crippen molar-refractivity contribution in [2.45, 2.75) is 51.8 Å². The van der Waals surface area contributed by atoms with Crippen LogP contribution in [0.2, 0.25) is 0 Å². The summed E-state index contributed by atoms with van der Waals surface area (Å²) in [5, 5.41) is 1.50. The van der Waals surface area contributed by atoms with Gasteiger partial charge in [-0.3, -0.25) is 4.90 Å². The highest BCUT2D eigenvalue weighted by atomic mass is 16.5. The Hall–Kier alpha value is -1.32. The summed E-state index contributed by atoms with van der Waals surface area (Å²) in [7, 11) is 1.82. The summed E-state index contributed by atoms with van der Waals surface area (Å²) < 4.78 is 8.11. The van der Waals surface area contributed by atoms with Gasteiger partial charge < -0.3 is 9.30 Å². The molecule has 1 aromatic heterocycles. The Balaban J connectivity index is 1.81. The molecule has 2 aromatic rings. The molecule has 0 bridgehead atoms. The molecule has 0 saturated heterocycles. The molecular weight excluding hydrogens is 272 g/mol. The van der Waals surface area contributed by atoms with E-state index in [1.54, 1.807) is 11.3 Å². The van der Waals surface area contributed by atoms with Crippen molar-refractivity contribution in [3.63, 3.8) is 0 Å². The second-order valence-electron chi connectivity index (χ2n) is 6.99. The van der Waals surface area contributed by atoms with Crippen LogP contribution in [0.15, 0.2) is 18.2 Å². The maximum absolute atomic E-state index is 5.51. The molecule has 0 N–H and O–H groups in total. The molecule has 2 unspecified atom stereocenters. The molecule has 2 heterocycles. The maximum atomic E-state index is 5.51. The van der Waals surface area contributed by atoms with Gasteiger partial charge in [-0.05, 0) is 50.8 Å². The molecule has 2 aliphatic rings. The van der Waals surface area contributed by atoms with Gasteiger partial charge in [0.05, 0.1) is 12.1 Å². The van der Waals surface area contributed by atoms with Gasteiger partial charge in [-0.1, -0.05) is 11.6 Å². The lowest BCUT2D eigenvalue weighted by atomic mass is 9.89. The Morgan fingerprint density at radius 2 is 2.18 bits per heavy atom. The number of fused-ring (bicyclic) bond motifs is 3. The predicted octanol–water partition coefficient (Wildman–Crippen LogP) is 3.68.